The zero-order valence-corrected chi connectivity index (χ0v) is 13.8. The van der Waals surface area contributed by atoms with Crippen LogP contribution in [0.15, 0.2) is 21.1 Å². The Kier molecular flexibility index (Phi) is 3.38. The third-order valence-electron chi connectivity index (χ3n) is 3.97. The van der Waals surface area contributed by atoms with Crippen LogP contribution in [0.3, 0.4) is 0 Å². The minimum atomic E-state index is -0.507. The van der Waals surface area contributed by atoms with Gasteiger partial charge >= 0.3 is 0 Å². The van der Waals surface area contributed by atoms with E-state index in [1.54, 1.807) is 6.07 Å². The number of rotatable bonds is 0. The molecule has 1 heterocycles. The molecule has 0 aromatic heterocycles. The van der Waals surface area contributed by atoms with Gasteiger partial charge in [0.05, 0.1) is 10.0 Å². The normalized spacial score (nSPS) is 29.6. The van der Waals surface area contributed by atoms with Gasteiger partial charge in [-0.25, -0.2) is 0 Å². The van der Waals surface area contributed by atoms with Crippen molar-refractivity contribution in [1.29, 1.82) is 0 Å². The highest BCUT2D eigenvalue weighted by Crippen LogP contribution is 2.42. The van der Waals surface area contributed by atoms with Crippen LogP contribution in [0.4, 0.5) is 0 Å². The maximum Gasteiger partial charge on any atom is 0.258 e. The highest BCUT2D eigenvalue weighted by atomic mass is 79.9. The van der Waals surface area contributed by atoms with Gasteiger partial charge in [-0.1, -0.05) is 22.9 Å². The molecule has 0 saturated heterocycles. The van der Waals surface area contributed by atoms with E-state index in [0.717, 1.165) is 34.6 Å². The van der Waals surface area contributed by atoms with E-state index in [9.17, 15) is 4.79 Å². The lowest BCUT2D eigenvalue weighted by Crippen LogP contribution is -2.57. The van der Waals surface area contributed by atoms with Crippen LogP contribution in [0.5, 0.6) is 5.75 Å². The molecule has 1 aliphatic carbocycles. The molecule has 5 heteroatoms. The van der Waals surface area contributed by atoms with E-state index < -0.39 is 5.72 Å². The van der Waals surface area contributed by atoms with Gasteiger partial charge in [0.1, 0.15) is 5.75 Å². The van der Waals surface area contributed by atoms with Crippen molar-refractivity contribution in [2.24, 2.45) is 5.92 Å². The van der Waals surface area contributed by atoms with Gasteiger partial charge in [-0.05, 0) is 46.8 Å². The highest BCUT2D eigenvalue weighted by molar-refractivity contribution is 9.11. The average molecular weight is 389 g/mol. The van der Waals surface area contributed by atoms with Gasteiger partial charge in [-0.3, -0.25) is 4.79 Å². The molecule has 1 aromatic carbocycles. The number of benzene rings is 1. The first-order valence-corrected chi connectivity index (χ1v) is 8.08. The molecule has 0 atom stereocenters. The van der Waals surface area contributed by atoms with Crippen LogP contribution in [0.2, 0.25) is 0 Å². The Morgan fingerprint density at radius 3 is 2.68 bits per heavy atom. The average Bonchev–Trinajstić information content (AvgIpc) is 2.35. The lowest BCUT2D eigenvalue weighted by Gasteiger charge is -2.43. The van der Waals surface area contributed by atoms with Crippen LogP contribution in [0.25, 0.3) is 0 Å². The van der Waals surface area contributed by atoms with Crippen molar-refractivity contribution >= 4 is 37.8 Å². The topological polar surface area (TPSA) is 38.3 Å². The fraction of sp³-hybridized carbons (Fsp3) is 0.500. The Hall–Kier alpha value is -0.550. The van der Waals surface area contributed by atoms with Gasteiger partial charge in [0.25, 0.3) is 5.91 Å². The Labute approximate surface area is 129 Å². The monoisotopic (exact) mass is 387 g/mol. The predicted octanol–water partition coefficient (Wildman–Crippen LogP) is 4.24. The van der Waals surface area contributed by atoms with E-state index >= 15 is 0 Å². The molecule has 1 aliphatic heterocycles. The van der Waals surface area contributed by atoms with Crippen LogP contribution in [0.1, 0.15) is 43.0 Å². The molecule has 2 aliphatic rings. The fourth-order valence-corrected chi connectivity index (χ4v) is 4.09. The molecule has 1 aromatic rings. The summed E-state index contributed by atoms with van der Waals surface area (Å²) < 4.78 is 7.85. The Morgan fingerprint density at radius 2 is 2.00 bits per heavy atom. The molecule has 0 unspecified atom stereocenters. The smallest absolute Gasteiger partial charge is 0.258 e. The zero-order valence-electron chi connectivity index (χ0n) is 10.6. The summed E-state index contributed by atoms with van der Waals surface area (Å²) in [5.74, 6) is 1.33. The molecule has 1 saturated carbocycles. The number of hydrogen-bond donors (Lipinski definition) is 1. The van der Waals surface area contributed by atoms with E-state index in [4.69, 9.17) is 4.74 Å². The first-order chi connectivity index (χ1) is 8.99. The van der Waals surface area contributed by atoms with Crippen LogP contribution in [-0.2, 0) is 0 Å². The van der Waals surface area contributed by atoms with Gasteiger partial charge < -0.3 is 10.1 Å². The van der Waals surface area contributed by atoms with E-state index in [1.807, 2.05) is 6.07 Å². The van der Waals surface area contributed by atoms with Crippen LogP contribution < -0.4 is 10.1 Å². The molecule has 1 amide bonds. The van der Waals surface area contributed by atoms with Gasteiger partial charge in [-0.2, -0.15) is 0 Å². The molecule has 0 radical (unpaired) electrons. The van der Waals surface area contributed by atoms with Gasteiger partial charge in [0, 0.05) is 17.3 Å². The summed E-state index contributed by atoms with van der Waals surface area (Å²) in [5.41, 5.74) is 0.0814. The molecule has 3 nitrogen and oxygen atoms in total. The molecule has 1 fully saturated rings. The summed E-state index contributed by atoms with van der Waals surface area (Å²) in [6.45, 7) is 2.25. The Balaban J connectivity index is 1.98. The first kappa shape index (κ1) is 13.4. The number of halogens is 2. The van der Waals surface area contributed by atoms with Crippen molar-refractivity contribution in [3.63, 3.8) is 0 Å². The van der Waals surface area contributed by atoms with E-state index in [0.29, 0.717) is 17.2 Å². The van der Waals surface area contributed by atoms with Crippen molar-refractivity contribution in [3.05, 3.63) is 26.6 Å². The Bertz CT molecular complexity index is 536. The third kappa shape index (κ3) is 2.42. The summed E-state index contributed by atoms with van der Waals surface area (Å²) >= 11 is 6.89. The molecule has 3 rings (SSSR count). The summed E-state index contributed by atoms with van der Waals surface area (Å²) in [5, 5.41) is 3.06. The number of fused-ring (bicyclic) bond motifs is 1. The van der Waals surface area contributed by atoms with Crippen LogP contribution >= 0.6 is 31.9 Å². The number of nitrogens with one attached hydrogen (secondary N) is 1. The lowest BCUT2D eigenvalue weighted by atomic mass is 9.83. The minimum absolute atomic E-state index is 0.0437. The maximum atomic E-state index is 12.3. The lowest BCUT2D eigenvalue weighted by molar-refractivity contribution is -0.0182. The molecule has 0 bridgehead atoms. The zero-order chi connectivity index (χ0) is 13.6. The number of ether oxygens (including phenoxy) is 1. The summed E-state index contributed by atoms with van der Waals surface area (Å²) in [6.07, 6.45) is 3.93. The van der Waals surface area contributed by atoms with Gasteiger partial charge in [-0.15, -0.1) is 0 Å². The molecular formula is C14H15Br2NO2. The molecule has 1 spiro atoms. The summed E-state index contributed by atoms with van der Waals surface area (Å²) in [4.78, 5) is 12.3. The second kappa shape index (κ2) is 4.77. The largest absolute Gasteiger partial charge is 0.466 e. The second-order valence-corrected chi connectivity index (χ2v) is 7.27. The van der Waals surface area contributed by atoms with Crippen molar-refractivity contribution in [2.45, 2.75) is 38.3 Å². The first-order valence-electron chi connectivity index (χ1n) is 6.50. The minimum Gasteiger partial charge on any atom is -0.466 e. The predicted molar refractivity (Wildman–Crippen MR) is 80.3 cm³/mol. The maximum absolute atomic E-state index is 12.3. The van der Waals surface area contributed by atoms with E-state index in [2.05, 4.69) is 44.1 Å². The SMILES string of the molecule is CC1CCC2(CC1)NC(=O)c1cc(Br)cc(Br)c1O2. The number of carbonyl (C=O) groups excluding carboxylic acids is 1. The van der Waals surface area contributed by atoms with Gasteiger partial charge in [0.15, 0.2) is 5.72 Å². The van der Waals surface area contributed by atoms with Crippen LogP contribution in [-0.4, -0.2) is 11.6 Å². The van der Waals surface area contributed by atoms with E-state index in [-0.39, 0.29) is 5.91 Å². The van der Waals surface area contributed by atoms with Crippen LogP contribution in [0, 0.1) is 5.92 Å². The second-order valence-electron chi connectivity index (χ2n) is 5.50. The van der Waals surface area contributed by atoms with Crippen molar-refractivity contribution < 1.29 is 9.53 Å². The summed E-state index contributed by atoms with van der Waals surface area (Å²) in [7, 11) is 0. The molecular weight excluding hydrogens is 374 g/mol. The van der Waals surface area contributed by atoms with Crippen molar-refractivity contribution in [3.8, 4) is 5.75 Å². The number of amides is 1. The highest BCUT2D eigenvalue weighted by Gasteiger charge is 2.42. The third-order valence-corrected chi connectivity index (χ3v) is 5.02. The van der Waals surface area contributed by atoms with Crippen molar-refractivity contribution in [1.82, 2.24) is 5.32 Å². The number of carbonyl (C=O) groups is 1. The standard InChI is InChI=1S/C14H15Br2NO2/c1-8-2-4-14(5-3-8)17-13(18)10-6-9(15)7-11(16)12(10)19-14/h6-8H,2-5H2,1H3,(H,17,18). The fourth-order valence-electron chi connectivity index (χ4n) is 2.78. The molecule has 19 heavy (non-hydrogen) atoms. The molecule has 1 N–H and O–H groups in total. The summed E-state index contributed by atoms with van der Waals surface area (Å²) in [6, 6.07) is 3.71. The van der Waals surface area contributed by atoms with E-state index in [1.165, 1.54) is 0 Å². The van der Waals surface area contributed by atoms with Crippen molar-refractivity contribution in [2.75, 3.05) is 0 Å². The quantitative estimate of drug-likeness (QED) is 0.721. The Morgan fingerprint density at radius 1 is 1.32 bits per heavy atom. The molecule has 102 valence electrons. The number of hydrogen-bond acceptors (Lipinski definition) is 2. The van der Waals surface area contributed by atoms with Gasteiger partial charge in [0.2, 0.25) is 0 Å².